The van der Waals surface area contributed by atoms with Gasteiger partial charge in [0.05, 0.1) is 16.1 Å². The van der Waals surface area contributed by atoms with Gasteiger partial charge in [0.15, 0.2) is 0 Å². The zero-order valence-electron chi connectivity index (χ0n) is 13.4. The van der Waals surface area contributed by atoms with E-state index < -0.39 is 21.8 Å². The van der Waals surface area contributed by atoms with Crippen molar-refractivity contribution in [3.8, 4) is 0 Å². The Kier molecular flexibility index (Phi) is 4.51. The van der Waals surface area contributed by atoms with Gasteiger partial charge in [-0.1, -0.05) is 18.2 Å². The molecule has 1 aliphatic rings. The van der Waals surface area contributed by atoms with Crippen molar-refractivity contribution in [2.75, 3.05) is 10.8 Å². The van der Waals surface area contributed by atoms with Crippen molar-refractivity contribution in [3.63, 3.8) is 0 Å². The fraction of sp³-hybridized carbons (Fsp3) is 0.294. The van der Waals surface area contributed by atoms with Gasteiger partial charge in [0, 0.05) is 19.1 Å². The number of rotatable bonds is 2. The Morgan fingerprint density at radius 2 is 1.72 bits per heavy atom. The summed E-state index contributed by atoms with van der Waals surface area (Å²) in [7, 11) is -3.97. The number of nitrogens with zero attached hydrogens (tertiary/aromatic N) is 1. The first-order valence-electron chi connectivity index (χ1n) is 7.71. The summed E-state index contributed by atoms with van der Waals surface area (Å²) in [6.45, 7) is 2.58. The molecule has 0 amide bonds. The zero-order valence-corrected chi connectivity index (χ0v) is 14.2. The maximum Gasteiger partial charge on any atom is 0.416 e. The van der Waals surface area contributed by atoms with Crippen LogP contribution in [0.3, 0.4) is 0 Å². The van der Waals surface area contributed by atoms with E-state index in [2.05, 4.69) is 5.32 Å². The molecule has 0 saturated carbocycles. The van der Waals surface area contributed by atoms with Crippen LogP contribution in [0.2, 0.25) is 0 Å². The minimum Gasteiger partial charge on any atom is -0.308 e. The van der Waals surface area contributed by atoms with E-state index in [0.29, 0.717) is 12.2 Å². The minimum absolute atomic E-state index is 0.100. The summed E-state index contributed by atoms with van der Waals surface area (Å²) < 4.78 is 65.4. The highest BCUT2D eigenvalue weighted by atomic mass is 32.2. The average molecular weight is 370 g/mol. The van der Waals surface area contributed by atoms with Crippen LogP contribution in [0, 0.1) is 0 Å². The summed E-state index contributed by atoms with van der Waals surface area (Å²) in [5.74, 6) is 0. The molecule has 0 bridgehead atoms. The van der Waals surface area contributed by atoms with Crippen LogP contribution in [-0.2, 0) is 22.7 Å². The molecule has 1 N–H and O–H groups in total. The smallest absolute Gasteiger partial charge is 0.308 e. The van der Waals surface area contributed by atoms with E-state index >= 15 is 0 Å². The Morgan fingerprint density at radius 1 is 1.08 bits per heavy atom. The summed E-state index contributed by atoms with van der Waals surface area (Å²) in [4.78, 5) is -0.163. The van der Waals surface area contributed by atoms with Crippen LogP contribution in [0.4, 0.5) is 18.9 Å². The van der Waals surface area contributed by atoms with Crippen molar-refractivity contribution in [3.05, 3.63) is 59.7 Å². The van der Waals surface area contributed by atoms with Crippen LogP contribution in [0.5, 0.6) is 0 Å². The Bertz CT molecular complexity index is 864. The minimum atomic E-state index is -4.50. The van der Waals surface area contributed by atoms with Gasteiger partial charge in [-0.05, 0) is 42.8 Å². The van der Waals surface area contributed by atoms with Gasteiger partial charge < -0.3 is 5.32 Å². The molecule has 2 aromatic carbocycles. The third-order valence-electron chi connectivity index (χ3n) is 4.11. The van der Waals surface area contributed by atoms with Crippen LogP contribution < -0.4 is 9.62 Å². The molecule has 0 spiro atoms. The van der Waals surface area contributed by atoms with Gasteiger partial charge in [-0.25, -0.2) is 8.42 Å². The first kappa shape index (κ1) is 17.8. The first-order chi connectivity index (χ1) is 11.7. The predicted octanol–water partition coefficient (Wildman–Crippen LogP) is 3.39. The molecule has 8 heteroatoms. The fourth-order valence-corrected chi connectivity index (χ4v) is 4.36. The number of benzene rings is 2. The summed E-state index contributed by atoms with van der Waals surface area (Å²) in [6, 6.07) is 10.6. The molecule has 0 fully saturated rings. The van der Waals surface area contributed by atoms with Crippen LogP contribution >= 0.6 is 0 Å². The molecule has 1 unspecified atom stereocenters. The highest BCUT2D eigenvalue weighted by molar-refractivity contribution is 7.92. The van der Waals surface area contributed by atoms with Crippen molar-refractivity contribution in [2.24, 2.45) is 0 Å². The number of para-hydroxylation sites is 1. The van der Waals surface area contributed by atoms with E-state index in [-0.39, 0.29) is 17.5 Å². The molecule has 0 aromatic heterocycles. The van der Waals surface area contributed by atoms with Gasteiger partial charge in [-0.3, -0.25) is 4.31 Å². The van der Waals surface area contributed by atoms with Crippen molar-refractivity contribution in [1.82, 2.24) is 5.32 Å². The van der Waals surface area contributed by atoms with Gasteiger partial charge in [0.2, 0.25) is 0 Å². The van der Waals surface area contributed by atoms with E-state index in [1.54, 1.807) is 12.1 Å². The molecule has 4 nitrogen and oxygen atoms in total. The largest absolute Gasteiger partial charge is 0.416 e. The maximum atomic E-state index is 13.0. The number of alkyl halides is 3. The van der Waals surface area contributed by atoms with Crippen molar-refractivity contribution >= 4 is 15.7 Å². The van der Waals surface area contributed by atoms with E-state index in [4.69, 9.17) is 0 Å². The van der Waals surface area contributed by atoms with E-state index in [9.17, 15) is 21.6 Å². The van der Waals surface area contributed by atoms with E-state index in [1.165, 1.54) is 4.31 Å². The molecule has 1 atom stereocenters. The van der Waals surface area contributed by atoms with Crippen molar-refractivity contribution in [1.29, 1.82) is 0 Å². The quantitative estimate of drug-likeness (QED) is 0.882. The summed E-state index contributed by atoms with van der Waals surface area (Å²) >= 11 is 0. The molecule has 25 heavy (non-hydrogen) atoms. The summed E-state index contributed by atoms with van der Waals surface area (Å²) in [5, 5.41) is 3.23. The van der Waals surface area contributed by atoms with Gasteiger partial charge in [-0.2, -0.15) is 13.2 Å². The second-order valence-corrected chi connectivity index (χ2v) is 7.83. The SMILES string of the molecule is CC1CN(S(=O)(=O)c2ccc(C(F)(F)F)cc2)c2ccccc2CN1. The number of anilines is 1. The predicted molar refractivity (Wildman–Crippen MR) is 88.7 cm³/mol. The van der Waals surface area contributed by atoms with Crippen LogP contribution in [-0.4, -0.2) is 21.0 Å². The lowest BCUT2D eigenvalue weighted by Gasteiger charge is -2.26. The number of halogens is 3. The second-order valence-electron chi connectivity index (χ2n) is 5.97. The van der Waals surface area contributed by atoms with E-state index in [1.807, 2.05) is 19.1 Å². The molecule has 0 saturated heterocycles. The molecule has 3 rings (SSSR count). The first-order valence-corrected chi connectivity index (χ1v) is 9.15. The lowest BCUT2D eigenvalue weighted by molar-refractivity contribution is -0.137. The third kappa shape index (κ3) is 3.50. The summed E-state index contributed by atoms with van der Waals surface area (Å²) in [6.07, 6.45) is -4.50. The van der Waals surface area contributed by atoms with Crippen LogP contribution in [0.25, 0.3) is 0 Å². The normalized spacial score (nSPS) is 18.6. The van der Waals surface area contributed by atoms with Gasteiger partial charge >= 0.3 is 6.18 Å². The molecular formula is C17H17F3N2O2S. The molecule has 1 heterocycles. The standard InChI is InChI=1S/C17H17F3N2O2S/c1-12-11-22(16-5-3-2-4-13(16)10-21-12)25(23,24)15-8-6-14(7-9-15)17(18,19)20/h2-9,12,21H,10-11H2,1H3. The van der Waals surface area contributed by atoms with Gasteiger partial charge in [-0.15, -0.1) is 0 Å². The Balaban J connectivity index is 2.04. The van der Waals surface area contributed by atoms with Crippen LogP contribution in [0.1, 0.15) is 18.1 Å². The van der Waals surface area contributed by atoms with Gasteiger partial charge in [0.1, 0.15) is 0 Å². The molecule has 1 aliphatic heterocycles. The molecule has 0 radical (unpaired) electrons. The Hall–Kier alpha value is -2.06. The second kappa shape index (κ2) is 6.34. The number of hydrogen-bond acceptors (Lipinski definition) is 3. The van der Waals surface area contributed by atoms with Crippen LogP contribution in [0.15, 0.2) is 53.4 Å². The fourth-order valence-electron chi connectivity index (χ4n) is 2.77. The van der Waals surface area contributed by atoms with E-state index in [0.717, 1.165) is 29.8 Å². The maximum absolute atomic E-state index is 13.0. The lowest BCUT2D eigenvalue weighted by atomic mass is 10.2. The topological polar surface area (TPSA) is 49.4 Å². The highest BCUT2D eigenvalue weighted by Gasteiger charge is 2.33. The zero-order chi connectivity index (χ0) is 18.2. The number of sulfonamides is 1. The molecule has 0 aliphatic carbocycles. The Labute approximate surface area is 144 Å². The highest BCUT2D eigenvalue weighted by Crippen LogP contribution is 2.32. The Morgan fingerprint density at radius 3 is 2.36 bits per heavy atom. The van der Waals surface area contributed by atoms with Crippen molar-refractivity contribution < 1.29 is 21.6 Å². The van der Waals surface area contributed by atoms with Gasteiger partial charge in [0.25, 0.3) is 10.0 Å². The summed E-state index contributed by atoms with van der Waals surface area (Å²) in [5.41, 5.74) is 0.485. The molecule has 2 aromatic rings. The lowest BCUT2D eigenvalue weighted by Crippen LogP contribution is -2.39. The third-order valence-corrected chi connectivity index (χ3v) is 5.90. The number of hydrogen-bond donors (Lipinski definition) is 1. The number of nitrogens with one attached hydrogen (secondary N) is 1. The number of fused-ring (bicyclic) bond motifs is 1. The molecular weight excluding hydrogens is 353 g/mol. The molecule has 134 valence electrons. The van der Waals surface area contributed by atoms with Crippen molar-refractivity contribution in [2.45, 2.75) is 30.6 Å². The monoisotopic (exact) mass is 370 g/mol. The average Bonchev–Trinajstić information content (AvgIpc) is 2.74.